The van der Waals surface area contributed by atoms with Gasteiger partial charge in [-0.05, 0) is 69.2 Å². The van der Waals surface area contributed by atoms with Crippen LogP contribution in [0.3, 0.4) is 0 Å². The predicted molar refractivity (Wildman–Crippen MR) is 207 cm³/mol. The number of rotatable bonds is 4. The van der Waals surface area contributed by atoms with Crippen molar-refractivity contribution in [3.05, 3.63) is 107 Å². The van der Waals surface area contributed by atoms with Crippen LogP contribution in [0.5, 0.6) is 0 Å². The summed E-state index contributed by atoms with van der Waals surface area (Å²) in [6.45, 7) is 25.2. The number of carbonyl (C=O) groups is 2. The number of para-hydroxylation sites is 2. The standard InChI is InChI=1S/2C20H26N2O.2ClH.Ti/c2*1-19(2,3)14-12-16(20(4,5)6)18(23)17(13-14)22-21-15-10-8-7-9-11-15;;;/h2*7-13,21H,1-6H3;2*1H;/q;;;;+2/p-2/b2*22-17+;;;. The van der Waals surface area contributed by atoms with Crippen LogP contribution < -0.4 is 10.9 Å². The van der Waals surface area contributed by atoms with Crippen LogP contribution in [0.4, 0.5) is 11.4 Å². The van der Waals surface area contributed by atoms with Crippen LogP contribution in [0.1, 0.15) is 83.1 Å². The zero-order chi connectivity index (χ0) is 37.2. The second-order valence-corrected chi connectivity index (χ2v) is 18.6. The molecule has 49 heavy (non-hydrogen) atoms. The van der Waals surface area contributed by atoms with Gasteiger partial charge in [-0.2, -0.15) is 10.2 Å². The Balaban J connectivity index is 0.000000315. The summed E-state index contributed by atoms with van der Waals surface area (Å²) in [5.41, 5.74) is 12.0. The summed E-state index contributed by atoms with van der Waals surface area (Å²) in [6, 6.07) is 19.3. The minimum atomic E-state index is -0.556. The van der Waals surface area contributed by atoms with Crippen molar-refractivity contribution in [2.45, 2.75) is 83.1 Å². The van der Waals surface area contributed by atoms with Gasteiger partial charge in [0.25, 0.3) is 0 Å². The van der Waals surface area contributed by atoms with Crippen molar-refractivity contribution in [1.29, 1.82) is 0 Å². The fourth-order valence-corrected chi connectivity index (χ4v) is 4.65. The molecule has 262 valence electrons. The van der Waals surface area contributed by atoms with Crippen LogP contribution >= 0.6 is 18.6 Å². The van der Waals surface area contributed by atoms with E-state index < -0.39 is 17.0 Å². The molecule has 0 fully saturated rings. The monoisotopic (exact) mass is 738 g/mol. The predicted octanol–water partition coefficient (Wildman–Crippen LogP) is 11.3. The Morgan fingerprint density at radius 3 is 1.02 bits per heavy atom. The topological polar surface area (TPSA) is 82.9 Å². The van der Waals surface area contributed by atoms with Crippen LogP contribution in [0.2, 0.25) is 0 Å². The normalized spacial score (nSPS) is 17.0. The van der Waals surface area contributed by atoms with Gasteiger partial charge in [-0.25, -0.2) is 0 Å². The fourth-order valence-electron chi connectivity index (χ4n) is 4.65. The third-order valence-electron chi connectivity index (χ3n) is 7.65. The molecule has 4 rings (SSSR count). The number of allylic oxidation sites excluding steroid dienone is 8. The molecule has 0 aromatic heterocycles. The molecule has 0 aliphatic heterocycles. The fraction of sp³-hybridized carbons (Fsp3) is 0.400. The van der Waals surface area contributed by atoms with Crippen molar-refractivity contribution in [2.24, 2.45) is 31.9 Å². The quantitative estimate of drug-likeness (QED) is 0.186. The molecule has 2 N–H and O–H groups in total. The molecule has 0 heterocycles. The van der Waals surface area contributed by atoms with Crippen molar-refractivity contribution < 1.29 is 26.6 Å². The summed E-state index contributed by atoms with van der Waals surface area (Å²) in [4.78, 5) is 25.6. The number of nitrogens with zero attached hydrogens (tertiary/aromatic N) is 2. The van der Waals surface area contributed by atoms with Gasteiger partial charge < -0.3 is 0 Å². The van der Waals surface area contributed by atoms with Crippen LogP contribution in [-0.2, 0) is 26.6 Å². The molecule has 2 aromatic rings. The second kappa shape index (κ2) is 17.8. The van der Waals surface area contributed by atoms with E-state index in [9.17, 15) is 9.59 Å². The molecule has 9 heteroatoms. The van der Waals surface area contributed by atoms with Gasteiger partial charge in [0.15, 0.2) is 0 Å². The van der Waals surface area contributed by atoms with Gasteiger partial charge in [0, 0.05) is 11.1 Å². The van der Waals surface area contributed by atoms with E-state index in [-0.39, 0.29) is 33.2 Å². The maximum atomic E-state index is 12.8. The summed E-state index contributed by atoms with van der Waals surface area (Å²) in [5.74, 6) is -0.0112. The Bertz CT molecular complexity index is 1520. The number of carbonyl (C=O) groups excluding carboxylic acids is 2. The number of hydrogen-bond donors (Lipinski definition) is 2. The number of Topliss-reactive ketones (excluding diaryl/α,β-unsaturated/α-hetero) is 2. The molecule has 0 unspecified atom stereocenters. The maximum absolute atomic E-state index is 12.8. The number of benzene rings is 2. The number of nitrogens with one attached hydrogen (secondary N) is 2. The Morgan fingerprint density at radius 2 is 0.776 bits per heavy atom. The number of anilines is 2. The van der Waals surface area contributed by atoms with Crippen LogP contribution in [0.15, 0.2) is 117 Å². The van der Waals surface area contributed by atoms with E-state index in [1.807, 2.05) is 85.0 Å². The second-order valence-electron chi connectivity index (χ2n) is 16.0. The van der Waals surface area contributed by atoms with Crippen molar-refractivity contribution in [3.63, 3.8) is 0 Å². The Morgan fingerprint density at radius 1 is 0.490 bits per heavy atom. The van der Waals surface area contributed by atoms with Gasteiger partial charge in [-0.3, -0.25) is 20.4 Å². The number of hydrazone groups is 2. The van der Waals surface area contributed by atoms with Crippen molar-refractivity contribution in [2.75, 3.05) is 10.9 Å². The summed E-state index contributed by atoms with van der Waals surface area (Å²) in [7, 11) is 9.78. The van der Waals surface area contributed by atoms with Crippen molar-refractivity contribution in [1.82, 2.24) is 0 Å². The van der Waals surface area contributed by atoms with Crippen molar-refractivity contribution >= 4 is 53.0 Å². The summed E-state index contributed by atoms with van der Waals surface area (Å²) >= 11 is -0.556. The molecule has 6 nitrogen and oxygen atoms in total. The summed E-state index contributed by atoms with van der Waals surface area (Å²) in [6.07, 6.45) is 7.86. The zero-order valence-corrected chi connectivity index (χ0v) is 34.1. The Kier molecular flexibility index (Phi) is 15.3. The molecule has 2 aromatic carbocycles. The Labute approximate surface area is 311 Å². The first-order valence-corrected chi connectivity index (χ1v) is 20.6. The first-order valence-electron chi connectivity index (χ1n) is 16.3. The summed E-state index contributed by atoms with van der Waals surface area (Å²) in [5, 5.41) is 8.72. The minimum absolute atomic E-state index is 0.00562. The molecule has 0 atom stereocenters. The first kappa shape index (κ1) is 42.1. The third-order valence-corrected chi connectivity index (χ3v) is 7.65. The average Bonchev–Trinajstić information content (AvgIpc) is 2.99. The summed E-state index contributed by atoms with van der Waals surface area (Å²) < 4.78 is 0. The van der Waals surface area contributed by atoms with E-state index in [0.29, 0.717) is 11.4 Å². The van der Waals surface area contributed by atoms with Crippen LogP contribution in [0, 0.1) is 21.7 Å². The molecular weight excluding hydrogens is 687 g/mol. The number of hydrogen-bond acceptors (Lipinski definition) is 6. The molecule has 0 bridgehead atoms. The molecule has 2 aliphatic carbocycles. The van der Waals surface area contributed by atoms with E-state index in [1.165, 1.54) is 0 Å². The number of halogens is 2. The zero-order valence-electron chi connectivity index (χ0n) is 31.0. The van der Waals surface area contributed by atoms with E-state index in [2.05, 4.69) is 104 Å². The van der Waals surface area contributed by atoms with E-state index in [0.717, 1.165) is 33.7 Å². The van der Waals surface area contributed by atoms with Gasteiger partial charge in [0.2, 0.25) is 11.6 Å². The molecule has 0 saturated carbocycles. The van der Waals surface area contributed by atoms with Crippen molar-refractivity contribution in [3.8, 4) is 0 Å². The SMILES string of the molecule is CC(C)(C)C1=C/C(=N\Nc2ccccc2)C(=O)C(C(C)(C)C)=C1.CC(C)(C)C1=C/C(=N\Nc2ccccc2)C(=O)C(C(C)(C)C)=C1.[Cl][Ti][Cl]. The third kappa shape index (κ3) is 13.3. The van der Waals surface area contributed by atoms with Gasteiger partial charge in [-0.15, -0.1) is 0 Å². The molecular formula is C40H52Cl2N4O2Ti. The van der Waals surface area contributed by atoms with E-state index in [4.69, 9.17) is 18.6 Å². The molecule has 0 amide bonds. The van der Waals surface area contributed by atoms with Gasteiger partial charge in [0.1, 0.15) is 11.4 Å². The number of ketones is 2. The van der Waals surface area contributed by atoms with E-state index >= 15 is 0 Å². The first-order chi connectivity index (χ1) is 22.6. The molecule has 0 saturated heterocycles. The average molecular weight is 740 g/mol. The Hall–Kier alpha value is -3.03. The molecule has 0 radical (unpaired) electrons. The van der Waals surface area contributed by atoms with E-state index in [1.54, 1.807) is 0 Å². The molecule has 0 spiro atoms. The molecule has 2 aliphatic rings. The van der Waals surface area contributed by atoms with Gasteiger partial charge >= 0.3 is 35.6 Å². The van der Waals surface area contributed by atoms with Crippen LogP contribution in [-0.4, -0.2) is 23.0 Å². The van der Waals surface area contributed by atoms with Gasteiger partial charge in [0.05, 0.1) is 11.4 Å². The van der Waals surface area contributed by atoms with Crippen LogP contribution in [0.25, 0.3) is 0 Å². The van der Waals surface area contributed by atoms with Gasteiger partial charge in [-0.1, -0.05) is 132 Å².